The van der Waals surface area contributed by atoms with Crippen molar-refractivity contribution in [3.05, 3.63) is 69.9 Å². The van der Waals surface area contributed by atoms with E-state index < -0.39 is 5.82 Å². The molecule has 0 aliphatic heterocycles. The van der Waals surface area contributed by atoms with Crippen molar-refractivity contribution in [2.45, 2.75) is 13.5 Å². The van der Waals surface area contributed by atoms with Crippen LogP contribution in [0.5, 0.6) is 5.75 Å². The van der Waals surface area contributed by atoms with Crippen molar-refractivity contribution in [2.24, 2.45) is 7.05 Å². The molecule has 0 amide bonds. The Kier molecular flexibility index (Phi) is 3.92. The van der Waals surface area contributed by atoms with E-state index in [0.717, 1.165) is 15.8 Å². The van der Waals surface area contributed by atoms with Crippen molar-refractivity contribution in [2.75, 3.05) is 0 Å². The van der Waals surface area contributed by atoms with Crippen LogP contribution in [0.25, 0.3) is 5.69 Å². The number of rotatable bonds is 4. The van der Waals surface area contributed by atoms with Gasteiger partial charge in [0.25, 0.3) is 0 Å². The SMILES string of the molecule is Cc1cccc(-n2nnn(C)c2=O)c1COc1ccccc1F. The third-order valence-corrected chi connectivity index (χ3v) is 3.54. The van der Waals surface area contributed by atoms with E-state index in [-0.39, 0.29) is 18.0 Å². The molecule has 0 atom stereocenters. The van der Waals surface area contributed by atoms with E-state index in [0.29, 0.717) is 5.69 Å². The minimum atomic E-state index is -0.431. The summed E-state index contributed by atoms with van der Waals surface area (Å²) in [7, 11) is 1.52. The smallest absolute Gasteiger partial charge is 0.368 e. The Balaban J connectivity index is 1.98. The molecular weight excluding hydrogens is 299 g/mol. The quantitative estimate of drug-likeness (QED) is 0.739. The summed E-state index contributed by atoms with van der Waals surface area (Å²) < 4.78 is 21.6. The Morgan fingerprint density at radius 1 is 1.13 bits per heavy atom. The Morgan fingerprint density at radius 2 is 1.91 bits per heavy atom. The summed E-state index contributed by atoms with van der Waals surface area (Å²) in [5.74, 6) is -0.271. The van der Waals surface area contributed by atoms with Crippen molar-refractivity contribution < 1.29 is 9.13 Å². The molecule has 1 heterocycles. The number of ether oxygens (including phenoxy) is 1. The van der Waals surface area contributed by atoms with E-state index in [9.17, 15) is 9.18 Å². The van der Waals surface area contributed by atoms with Gasteiger partial charge in [-0.05, 0) is 41.1 Å². The highest BCUT2D eigenvalue weighted by molar-refractivity contribution is 5.44. The number of benzene rings is 2. The monoisotopic (exact) mass is 314 g/mol. The van der Waals surface area contributed by atoms with Crippen molar-refractivity contribution in [1.29, 1.82) is 0 Å². The maximum atomic E-state index is 13.7. The molecule has 0 spiro atoms. The van der Waals surface area contributed by atoms with Gasteiger partial charge in [0.15, 0.2) is 11.6 Å². The number of hydrogen-bond donors (Lipinski definition) is 0. The number of para-hydroxylation sites is 1. The molecule has 3 aromatic rings. The molecule has 0 saturated carbocycles. The molecule has 3 rings (SSSR count). The maximum Gasteiger partial charge on any atom is 0.368 e. The topological polar surface area (TPSA) is 61.9 Å². The number of tetrazole rings is 1. The molecule has 23 heavy (non-hydrogen) atoms. The van der Waals surface area contributed by atoms with Crippen LogP contribution in [0.15, 0.2) is 47.3 Å². The molecular formula is C16H15FN4O2. The Bertz CT molecular complexity index is 901. The van der Waals surface area contributed by atoms with Gasteiger partial charge < -0.3 is 4.74 Å². The zero-order valence-corrected chi connectivity index (χ0v) is 12.7. The first kappa shape index (κ1) is 15.0. The van der Waals surface area contributed by atoms with Crippen molar-refractivity contribution >= 4 is 0 Å². The average molecular weight is 314 g/mol. The zero-order chi connectivity index (χ0) is 16.4. The largest absolute Gasteiger partial charge is 0.486 e. The number of hydrogen-bond acceptors (Lipinski definition) is 4. The summed E-state index contributed by atoms with van der Waals surface area (Å²) in [6, 6.07) is 11.7. The van der Waals surface area contributed by atoms with E-state index in [1.54, 1.807) is 24.3 Å². The molecule has 6 nitrogen and oxygen atoms in total. The molecule has 0 N–H and O–H groups in total. The minimum Gasteiger partial charge on any atom is -0.486 e. The summed E-state index contributed by atoms with van der Waals surface area (Å²) in [5.41, 5.74) is 1.87. The predicted octanol–water partition coefficient (Wildman–Crippen LogP) is 1.99. The van der Waals surface area contributed by atoms with Gasteiger partial charge in [-0.3, -0.25) is 0 Å². The molecule has 1 aromatic heterocycles. The first-order chi connectivity index (χ1) is 11.1. The first-order valence-electron chi connectivity index (χ1n) is 7.03. The fourth-order valence-electron chi connectivity index (χ4n) is 2.25. The third-order valence-electron chi connectivity index (χ3n) is 3.54. The lowest BCUT2D eigenvalue weighted by Gasteiger charge is -2.13. The molecule has 0 radical (unpaired) electrons. The van der Waals surface area contributed by atoms with Gasteiger partial charge in [-0.1, -0.05) is 24.3 Å². The van der Waals surface area contributed by atoms with Gasteiger partial charge >= 0.3 is 5.69 Å². The maximum absolute atomic E-state index is 13.7. The van der Waals surface area contributed by atoms with Crippen LogP contribution >= 0.6 is 0 Å². The fraction of sp³-hybridized carbons (Fsp3) is 0.188. The van der Waals surface area contributed by atoms with Crippen molar-refractivity contribution in [1.82, 2.24) is 19.8 Å². The molecule has 0 bridgehead atoms. The minimum absolute atomic E-state index is 0.117. The lowest BCUT2D eigenvalue weighted by Crippen LogP contribution is -2.23. The van der Waals surface area contributed by atoms with Gasteiger partial charge in [-0.2, -0.15) is 9.36 Å². The van der Waals surface area contributed by atoms with Crippen LogP contribution in [0.1, 0.15) is 11.1 Å². The van der Waals surface area contributed by atoms with Gasteiger partial charge in [0.2, 0.25) is 0 Å². The van der Waals surface area contributed by atoms with Crippen molar-refractivity contribution in [3.8, 4) is 11.4 Å². The Labute approximate surface area is 131 Å². The summed E-state index contributed by atoms with van der Waals surface area (Å²) in [5, 5.41) is 7.56. The number of aromatic nitrogens is 4. The van der Waals surface area contributed by atoms with Crippen molar-refractivity contribution in [3.63, 3.8) is 0 Å². The molecule has 118 valence electrons. The highest BCUT2D eigenvalue weighted by Gasteiger charge is 2.14. The lowest BCUT2D eigenvalue weighted by atomic mass is 10.1. The molecule has 0 fully saturated rings. The summed E-state index contributed by atoms with van der Waals surface area (Å²) in [6.45, 7) is 2.01. The number of nitrogens with zero attached hydrogens (tertiary/aromatic N) is 4. The Morgan fingerprint density at radius 3 is 2.61 bits per heavy atom. The zero-order valence-electron chi connectivity index (χ0n) is 12.7. The third kappa shape index (κ3) is 2.85. The van der Waals surface area contributed by atoms with E-state index in [4.69, 9.17) is 4.74 Å². The molecule has 2 aromatic carbocycles. The fourth-order valence-corrected chi connectivity index (χ4v) is 2.25. The highest BCUT2D eigenvalue weighted by atomic mass is 19.1. The van der Waals surface area contributed by atoms with Crippen LogP contribution in [-0.4, -0.2) is 19.8 Å². The van der Waals surface area contributed by atoms with E-state index >= 15 is 0 Å². The van der Waals surface area contributed by atoms with Crippen LogP contribution in [0.3, 0.4) is 0 Å². The summed E-state index contributed by atoms with van der Waals surface area (Å²) >= 11 is 0. The number of halogens is 1. The second-order valence-corrected chi connectivity index (χ2v) is 5.09. The molecule has 0 saturated heterocycles. The molecule has 0 aliphatic rings. The number of aryl methyl sites for hydroxylation is 2. The highest BCUT2D eigenvalue weighted by Crippen LogP contribution is 2.21. The van der Waals surface area contributed by atoms with Crippen LogP contribution in [0.2, 0.25) is 0 Å². The Hall–Kier alpha value is -2.96. The second kappa shape index (κ2) is 6.04. The van der Waals surface area contributed by atoms with E-state index in [1.807, 2.05) is 19.1 Å². The average Bonchev–Trinajstić information content (AvgIpc) is 2.87. The van der Waals surface area contributed by atoms with Crippen LogP contribution < -0.4 is 10.4 Å². The second-order valence-electron chi connectivity index (χ2n) is 5.09. The summed E-state index contributed by atoms with van der Waals surface area (Å²) in [4.78, 5) is 12.1. The molecule has 0 unspecified atom stereocenters. The molecule has 7 heteroatoms. The first-order valence-corrected chi connectivity index (χ1v) is 7.03. The van der Waals surface area contributed by atoms with Gasteiger partial charge in [0.05, 0.1) is 5.69 Å². The predicted molar refractivity (Wildman–Crippen MR) is 82.1 cm³/mol. The van der Waals surface area contributed by atoms with Gasteiger partial charge in [0.1, 0.15) is 6.61 Å². The van der Waals surface area contributed by atoms with Gasteiger partial charge in [-0.15, -0.1) is 0 Å². The standard InChI is InChI=1S/C16H15FN4O2/c1-11-6-5-8-14(21-16(22)20(2)18-19-21)12(11)10-23-15-9-4-3-7-13(15)17/h3-9H,10H2,1-2H3. The van der Waals surface area contributed by atoms with E-state index in [2.05, 4.69) is 10.4 Å². The van der Waals surface area contributed by atoms with Crippen LogP contribution in [0.4, 0.5) is 4.39 Å². The lowest BCUT2D eigenvalue weighted by molar-refractivity contribution is 0.289. The normalized spacial score (nSPS) is 10.7. The van der Waals surface area contributed by atoms with Crippen LogP contribution in [0, 0.1) is 12.7 Å². The summed E-state index contributed by atoms with van der Waals surface area (Å²) in [6.07, 6.45) is 0. The van der Waals surface area contributed by atoms with Gasteiger partial charge in [0, 0.05) is 12.6 Å². The molecule has 0 aliphatic carbocycles. The van der Waals surface area contributed by atoms with E-state index in [1.165, 1.54) is 17.8 Å². The van der Waals surface area contributed by atoms with Gasteiger partial charge in [-0.25, -0.2) is 9.18 Å². The van der Waals surface area contributed by atoms with Crippen LogP contribution in [-0.2, 0) is 13.7 Å².